The molecule has 0 aromatic carbocycles. The van der Waals surface area contributed by atoms with E-state index in [1.165, 1.54) is 0 Å². The number of hydrogen-bond donors (Lipinski definition) is 1. The van der Waals surface area contributed by atoms with Gasteiger partial charge in [-0.05, 0) is 0 Å². The van der Waals surface area contributed by atoms with Crippen LogP contribution in [-0.4, -0.2) is 28.2 Å². The van der Waals surface area contributed by atoms with Crippen molar-refractivity contribution in [2.75, 3.05) is 18.9 Å². The van der Waals surface area contributed by atoms with Crippen LogP contribution in [0.15, 0.2) is 11.2 Å². The van der Waals surface area contributed by atoms with E-state index in [-0.39, 0.29) is 0 Å². The van der Waals surface area contributed by atoms with Gasteiger partial charge in [0.05, 0.1) is 24.2 Å². The second-order valence-electron chi connectivity index (χ2n) is 2.84. The van der Waals surface area contributed by atoms with Crippen LogP contribution < -0.4 is 5.73 Å². The van der Waals surface area contributed by atoms with Crippen molar-refractivity contribution in [2.24, 2.45) is 7.05 Å². The van der Waals surface area contributed by atoms with Gasteiger partial charge >= 0.3 is 0 Å². The molecule has 4 nitrogen and oxygen atoms in total. The number of rotatable bonds is 2. The fraction of sp³-hybridized carbons (Fsp3) is 0.571. The normalized spacial score (nSPS) is 17.8. The van der Waals surface area contributed by atoms with Crippen LogP contribution in [0.25, 0.3) is 0 Å². The monoisotopic (exact) mass is 185 g/mol. The first-order valence-corrected chi connectivity index (χ1v) is 4.67. The molecule has 1 fully saturated rings. The number of aryl methyl sites for hydroxylation is 1. The lowest BCUT2D eigenvalue weighted by atomic mass is 10.4. The Morgan fingerprint density at radius 3 is 2.92 bits per heavy atom. The van der Waals surface area contributed by atoms with Gasteiger partial charge in [0.2, 0.25) is 0 Å². The molecule has 0 aliphatic carbocycles. The van der Waals surface area contributed by atoms with Gasteiger partial charge in [0.25, 0.3) is 0 Å². The molecule has 0 amide bonds. The Kier molecular flexibility index (Phi) is 1.98. The average molecular weight is 185 g/mol. The standard InChI is InChI=1S/C7H11N3OS/c1-10-2-6(8)7(9-10)12-5-3-11-4-5/h2,5H,3-4,8H2,1H3. The number of aromatic nitrogens is 2. The zero-order chi connectivity index (χ0) is 8.55. The minimum absolute atomic E-state index is 0.544. The van der Waals surface area contributed by atoms with Gasteiger partial charge in [-0.3, -0.25) is 4.68 Å². The largest absolute Gasteiger partial charge is 0.395 e. The van der Waals surface area contributed by atoms with Crippen LogP contribution in [0, 0.1) is 0 Å². The second kappa shape index (κ2) is 2.99. The number of hydrogen-bond acceptors (Lipinski definition) is 4. The third kappa shape index (κ3) is 1.42. The Labute approximate surface area is 75.1 Å². The summed E-state index contributed by atoms with van der Waals surface area (Å²) >= 11 is 1.70. The zero-order valence-electron chi connectivity index (χ0n) is 6.86. The molecule has 0 spiro atoms. The highest BCUT2D eigenvalue weighted by Crippen LogP contribution is 2.30. The molecule has 1 aromatic rings. The second-order valence-corrected chi connectivity index (χ2v) is 4.13. The summed E-state index contributed by atoms with van der Waals surface area (Å²) in [6.07, 6.45) is 1.82. The predicted molar refractivity (Wildman–Crippen MR) is 48.1 cm³/mol. The van der Waals surface area contributed by atoms with E-state index < -0.39 is 0 Å². The maximum atomic E-state index is 5.72. The number of nitrogens with zero attached hydrogens (tertiary/aromatic N) is 2. The Balaban J connectivity index is 2.05. The molecule has 1 saturated heterocycles. The first-order valence-electron chi connectivity index (χ1n) is 3.79. The van der Waals surface area contributed by atoms with Gasteiger partial charge < -0.3 is 10.5 Å². The summed E-state index contributed by atoms with van der Waals surface area (Å²) in [5.41, 5.74) is 6.48. The molecule has 0 bridgehead atoms. The zero-order valence-corrected chi connectivity index (χ0v) is 7.67. The third-order valence-corrected chi connectivity index (χ3v) is 2.85. The van der Waals surface area contributed by atoms with E-state index in [4.69, 9.17) is 10.5 Å². The van der Waals surface area contributed by atoms with Crippen LogP contribution in [0.3, 0.4) is 0 Å². The van der Waals surface area contributed by atoms with Gasteiger partial charge in [0, 0.05) is 13.2 Å². The Morgan fingerprint density at radius 2 is 2.50 bits per heavy atom. The molecule has 0 radical (unpaired) electrons. The summed E-state index contributed by atoms with van der Waals surface area (Å²) in [5.74, 6) is 0. The maximum absolute atomic E-state index is 5.72. The van der Waals surface area contributed by atoms with E-state index in [1.54, 1.807) is 16.4 Å². The van der Waals surface area contributed by atoms with Crippen LogP contribution >= 0.6 is 11.8 Å². The van der Waals surface area contributed by atoms with E-state index in [0.717, 1.165) is 23.9 Å². The third-order valence-electron chi connectivity index (χ3n) is 1.71. The molecule has 66 valence electrons. The molecule has 2 N–H and O–H groups in total. The van der Waals surface area contributed by atoms with Crippen molar-refractivity contribution in [3.63, 3.8) is 0 Å². The molecular formula is C7H11N3OS. The van der Waals surface area contributed by atoms with Crippen molar-refractivity contribution in [3.05, 3.63) is 6.20 Å². The molecule has 0 unspecified atom stereocenters. The Bertz CT molecular complexity index is 282. The minimum atomic E-state index is 0.544. The number of ether oxygens (including phenoxy) is 1. The van der Waals surface area contributed by atoms with E-state index in [0.29, 0.717) is 5.25 Å². The minimum Gasteiger partial charge on any atom is -0.395 e. The highest BCUT2D eigenvalue weighted by molar-refractivity contribution is 8.00. The van der Waals surface area contributed by atoms with E-state index in [2.05, 4.69) is 5.10 Å². The lowest BCUT2D eigenvalue weighted by molar-refractivity contribution is 0.0455. The number of nitrogens with two attached hydrogens (primary N) is 1. The van der Waals surface area contributed by atoms with Crippen LogP contribution in [0.1, 0.15) is 0 Å². The molecule has 1 aromatic heterocycles. The fourth-order valence-corrected chi connectivity index (χ4v) is 2.03. The van der Waals surface area contributed by atoms with E-state index in [9.17, 15) is 0 Å². The van der Waals surface area contributed by atoms with Gasteiger partial charge in [0.15, 0.2) is 0 Å². The Morgan fingerprint density at radius 1 is 1.75 bits per heavy atom. The lowest BCUT2D eigenvalue weighted by Gasteiger charge is -2.24. The summed E-state index contributed by atoms with van der Waals surface area (Å²) in [6.45, 7) is 1.64. The molecular weight excluding hydrogens is 174 g/mol. The van der Waals surface area contributed by atoms with Crippen molar-refractivity contribution in [1.82, 2.24) is 9.78 Å². The van der Waals surface area contributed by atoms with Crippen molar-refractivity contribution in [2.45, 2.75) is 10.3 Å². The molecule has 1 aliphatic rings. The molecule has 2 heterocycles. The SMILES string of the molecule is Cn1cc(N)c(SC2COC2)n1. The number of thioether (sulfide) groups is 1. The van der Waals surface area contributed by atoms with Crippen LogP contribution in [0.5, 0.6) is 0 Å². The van der Waals surface area contributed by atoms with Gasteiger partial charge in [-0.1, -0.05) is 11.8 Å². The summed E-state index contributed by atoms with van der Waals surface area (Å²) in [4.78, 5) is 0. The molecule has 2 rings (SSSR count). The highest BCUT2D eigenvalue weighted by atomic mass is 32.2. The quantitative estimate of drug-likeness (QED) is 0.728. The smallest absolute Gasteiger partial charge is 0.142 e. The van der Waals surface area contributed by atoms with Crippen molar-refractivity contribution in [1.29, 1.82) is 0 Å². The molecule has 5 heteroatoms. The van der Waals surface area contributed by atoms with Crippen LogP contribution in [0.2, 0.25) is 0 Å². The van der Waals surface area contributed by atoms with Crippen LogP contribution in [-0.2, 0) is 11.8 Å². The number of nitrogen functional groups attached to an aromatic ring is 1. The van der Waals surface area contributed by atoms with Crippen molar-refractivity contribution in [3.8, 4) is 0 Å². The van der Waals surface area contributed by atoms with Gasteiger partial charge in [0.1, 0.15) is 5.03 Å². The summed E-state index contributed by atoms with van der Waals surface area (Å²) < 4.78 is 6.79. The summed E-state index contributed by atoms with van der Waals surface area (Å²) in [7, 11) is 1.87. The Hall–Kier alpha value is -0.680. The van der Waals surface area contributed by atoms with Gasteiger partial charge in [-0.15, -0.1) is 0 Å². The lowest BCUT2D eigenvalue weighted by Crippen LogP contribution is -2.30. The predicted octanol–water partition coefficient (Wildman–Crippen LogP) is 0.493. The molecule has 12 heavy (non-hydrogen) atoms. The first-order chi connectivity index (χ1) is 5.75. The highest BCUT2D eigenvalue weighted by Gasteiger charge is 2.21. The fourth-order valence-electron chi connectivity index (χ4n) is 1.02. The van der Waals surface area contributed by atoms with Crippen LogP contribution in [0.4, 0.5) is 5.69 Å². The molecule has 0 saturated carbocycles. The molecule has 1 aliphatic heterocycles. The number of anilines is 1. The first kappa shape index (κ1) is 7.94. The summed E-state index contributed by atoms with van der Waals surface area (Å²) in [5, 5.41) is 5.70. The maximum Gasteiger partial charge on any atom is 0.142 e. The van der Waals surface area contributed by atoms with Gasteiger partial charge in [-0.2, -0.15) is 5.10 Å². The van der Waals surface area contributed by atoms with Gasteiger partial charge in [-0.25, -0.2) is 0 Å². The van der Waals surface area contributed by atoms with E-state index in [1.807, 2.05) is 13.2 Å². The van der Waals surface area contributed by atoms with Crippen molar-refractivity contribution < 1.29 is 4.74 Å². The summed E-state index contributed by atoms with van der Waals surface area (Å²) in [6, 6.07) is 0. The molecule has 0 atom stereocenters. The van der Waals surface area contributed by atoms with Crippen molar-refractivity contribution >= 4 is 17.4 Å². The average Bonchev–Trinajstić information content (AvgIpc) is 2.21. The van der Waals surface area contributed by atoms with E-state index >= 15 is 0 Å². The topological polar surface area (TPSA) is 53.1 Å².